The number of hydrogen-bond donors (Lipinski definition) is 1. The zero-order valence-electron chi connectivity index (χ0n) is 12.7. The van der Waals surface area contributed by atoms with E-state index in [4.69, 9.17) is 11.6 Å². The smallest absolute Gasteiger partial charge is 0.226 e. The number of aromatic nitrogens is 1. The van der Waals surface area contributed by atoms with Gasteiger partial charge in [0, 0.05) is 17.7 Å². The van der Waals surface area contributed by atoms with Crippen molar-refractivity contribution < 1.29 is 9.59 Å². The third kappa shape index (κ3) is 4.19. The fraction of sp³-hybridized carbons (Fsp3) is 0.438. The van der Waals surface area contributed by atoms with Crippen LogP contribution in [-0.4, -0.2) is 16.7 Å². The van der Waals surface area contributed by atoms with E-state index in [0.29, 0.717) is 20.3 Å². The third-order valence-corrected chi connectivity index (χ3v) is 6.17. The highest BCUT2D eigenvalue weighted by molar-refractivity contribution is 7.18. The molecule has 1 aliphatic rings. The highest BCUT2D eigenvalue weighted by atomic mass is 35.5. The number of hydrogen-bond acceptors (Lipinski definition) is 5. The van der Waals surface area contributed by atoms with Crippen LogP contribution in [0.4, 0.5) is 5.13 Å². The van der Waals surface area contributed by atoms with E-state index in [1.54, 1.807) is 23.5 Å². The molecule has 0 aromatic carbocycles. The van der Waals surface area contributed by atoms with Crippen LogP contribution in [0.3, 0.4) is 0 Å². The molecule has 1 amide bonds. The van der Waals surface area contributed by atoms with Crippen LogP contribution in [-0.2, 0) is 17.6 Å². The van der Waals surface area contributed by atoms with Crippen molar-refractivity contribution in [2.45, 2.75) is 39.0 Å². The molecule has 4 nitrogen and oxygen atoms in total. The SMILES string of the molecule is CC1CCc2nc(NC(=O)CCC(=O)c3ccc(Cl)s3)sc2C1. The van der Waals surface area contributed by atoms with Crippen LogP contribution in [0, 0.1) is 5.92 Å². The number of Topliss-reactive ketones (excluding diaryl/α,β-unsaturated/α-hetero) is 1. The molecule has 0 radical (unpaired) electrons. The zero-order chi connectivity index (χ0) is 16.4. The first-order chi connectivity index (χ1) is 11.0. The van der Waals surface area contributed by atoms with Crippen LogP contribution in [0.1, 0.15) is 46.4 Å². The molecule has 7 heteroatoms. The van der Waals surface area contributed by atoms with E-state index in [1.807, 2.05) is 0 Å². The summed E-state index contributed by atoms with van der Waals surface area (Å²) in [6.07, 6.45) is 3.53. The van der Waals surface area contributed by atoms with Crippen molar-refractivity contribution in [3.63, 3.8) is 0 Å². The molecular formula is C16H17ClN2O2S2. The lowest BCUT2D eigenvalue weighted by atomic mass is 9.93. The van der Waals surface area contributed by atoms with E-state index >= 15 is 0 Å². The van der Waals surface area contributed by atoms with Gasteiger partial charge in [-0.1, -0.05) is 18.5 Å². The molecule has 0 fully saturated rings. The molecule has 1 N–H and O–H groups in total. The average molecular weight is 369 g/mol. The number of carbonyl (C=O) groups is 2. The average Bonchev–Trinajstić information content (AvgIpc) is 3.10. The van der Waals surface area contributed by atoms with Crippen molar-refractivity contribution in [1.82, 2.24) is 4.98 Å². The number of thiazole rings is 1. The van der Waals surface area contributed by atoms with E-state index < -0.39 is 0 Å². The Bertz CT molecular complexity index is 738. The molecule has 1 atom stereocenters. The quantitative estimate of drug-likeness (QED) is 0.785. The monoisotopic (exact) mass is 368 g/mol. The van der Waals surface area contributed by atoms with Crippen molar-refractivity contribution in [3.8, 4) is 0 Å². The van der Waals surface area contributed by atoms with Crippen LogP contribution >= 0.6 is 34.3 Å². The fourth-order valence-corrected chi connectivity index (χ4v) is 4.79. The molecule has 0 saturated carbocycles. The van der Waals surface area contributed by atoms with Gasteiger partial charge < -0.3 is 5.32 Å². The minimum atomic E-state index is -0.167. The van der Waals surface area contributed by atoms with Crippen LogP contribution in [0.25, 0.3) is 0 Å². The lowest BCUT2D eigenvalue weighted by molar-refractivity contribution is -0.116. The van der Waals surface area contributed by atoms with Gasteiger partial charge in [0.25, 0.3) is 0 Å². The lowest BCUT2D eigenvalue weighted by Gasteiger charge is -2.15. The molecule has 3 rings (SSSR count). The number of nitrogens with zero attached hydrogens (tertiary/aromatic N) is 1. The number of aryl methyl sites for hydroxylation is 1. The second-order valence-corrected chi connectivity index (χ2v) is 8.61. The van der Waals surface area contributed by atoms with Gasteiger partial charge in [0.2, 0.25) is 5.91 Å². The standard InChI is InChI=1S/C16H17ClN2O2S2/c1-9-2-3-10-13(8-9)23-16(18-10)19-15(21)7-4-11(20)12-5-6-14(17)22-12/h5-6,9H,2-4,7-8H2,1H3,(H,18,19,21). The van der Waals surface area contributed by atoms with Crippen molar-refractivity contribution in [2.75, 3.05) is 5.32 Å². The van der Waals surface area contributed by atoms with Gasteiger partial charge in [-0.25, -0.2) is 4.98 Å². The molecular weight excluding hydrogens is 352 g/mol. The maximum Gasteiger partial charge on any atom is 0.226 e. The van der Waals surface area contributed by atoms with Gasteiger partial charge >= 0.3 is 0 Å². The Morgan fingerprint density at radius 1 is 1.35 bits per heavy atom. The van der Waals surface area contributed by atoms with Crippen molar-refractivity contribution in [2.24, 2.45) is 5.92 Å². The van der Waals surface area contributed by atoms with Gasteiger partial charge in [0.1, 0.15) is 0 Å². The lowest BCUT2D eigenvalue weighted by Crippen LogP contribution is -2.13. The Hall–Kier alpha value is -1.24. The highest BCUT2D eigenvalue weighted by Gasteiger charge is 2.20. The number of rotatable bonds is 5. The summed E-state index contributed by atoms with van der Waals surface area (Å²) in [5.74, 6) is 0.464. The molecule has 1 unspecified atom stereocenters. The minimum Gasteiger partial charge on any atom is -0.302 e. The summed E-state index contributed by atoms with van der Waals surface area (Å²) >= 11 is 8.62. The normalized spacial score (nSPS) is 16.9. The Morgan fingerprint density at radius 3 is 2.91 bits per heavy atom. The minimum absolute atomic E-state index is 0.0516. The molecule has 0 spiro atoms. The number of nitrogens with one attached hydrogen (secondary N) is 1. The first-order valence-corrected chi connectivity index (χ1v) is 9.59. The summed E-state index contributed by atoms with van der Waals surface area (Å²) in [6.45, 7) is 2.24. The maximum atomic E-state index is 12.0. The summed E-state index contributed by atoms with van der Waals surface area (Å²) in [5.41, 5.74) is 1.12. The van der Waals surface area contributed by atoms with Crippen molar-refractivity contribution >= 4 is 51.1 Å². The molecule has 23 heavy (non-hydrogen) atoms. The molecule has 0 bridgehead atoms. The Morgan fingerprint density at radius 2 is 2.17 bits per heavy atom. The van der Waals surface area contributed by atoms with Gasteiger partial charge in [-0.15, -0.1) is 22.7 Å². The fourth-order valence-electron chi connectivity index (χ4n) is 2.59. The summed E-state index contributed by atoms with van der Waals surface area (Å²) in [6, 6.07) is 3.39. The number of carbonyl (C=O) groups excluding carboxylic acids is 2. The molecule has 0 aliphatic heterocycles. The predicted octanol–water partition coefficient (Wildman–Crippen LogP) is 4.58. The molecule has 2 aromatic heterocycles. The number of thiophene rings is 1. The number of anilines is 1. The number of fused-ring (bicyclic) bond motifs is 1. The van der Waals surface area contributed by atoms with Crippen LogP contribution in [0.15, 0.2) is 12.1 Å². The topological polar surface area (TPSA) is 59.1 Å². The number of amides is 1. The largest absolute Gasteiger partial charge is 0.302 e. The van der Waals surface area contributed by atoms with Crippen molar-refractivity contribution in [1.29, 1.82) is 0 Å². The third-order valence-electron chi connectivity index (χ3n) is 3.86. The first-order valence-electron chi connectivity index (χ1n) is 7.58. The molecule has 1 aliphatic carbocycles. The van der Waals surface area contributed by atoms with Gasteiger partial charge in [-0.2, -0.15) is 0 Å². The van der Waals surface area contributed by atoms with E-state index in [0.717, 1.165) is 25.0 Å². The Balaban J connectivity index is 1.52. The molecule has 122 valence electrons. The van der Waals surface area contributed by atoms with Gasteiger partial charge in [-0.3, -0.25) is 9.59 Å². The van der Waals surface area contributed by atoms with Crippen LogP contribution in [0.5, 0.6) is 0 Å². The molecule has 0 saturated heterocycles. The second-order valence-electron chi connectivity index (χ2n) is 5.81. The summed E-state index contributed by atoms with van der Waals surface area (Å²) in [7, 11) is 0. The Kier molecular flexibility index (Phi) is 5.14. The van der Waals surface area contributed by atoms with Gasteiger partial charge in [0.15, 0.2) is 10.9 Å². The maximum absolute atomic E-state index is 12.0. The molecule has 2 heterocycles. The molecule has 2 aromatic rings. The second kappa shape index (κ2) is 7.11. The van der Waals surface area contributed by atoms with Gasteiger partial charge in [-0.05, 0) is 37.3 Å². The summed E-state index contributed by atoms with van der Waals surface area (Å²) in [5, 5.41) is 3.47. The number of halogens is 1. The predicted molar refractivity (Wildman–Crippen MR) is 94.8 cm³/mol. The highest BCUT2D eigenvalue weighted by Crippen LogP contribution is 2.32. The van der Waals surface area contributed by atoms with E-state index in [2.05, 4.69) is 17.2 Å². The first kappa shape index (κ1) is 16.6. The van der Waals surface area contributed by atoms with Crippen LogP contribution < -0.4 is 5.32 Å². The zero-order valence-corrected chi connectivity index (χ0v) is 15.1. The summed E-state index contributed by atoms with van der Waals surface area (Å²) in [4.78, 5) is 30.4. The van der Waals surface area contributed by atoms with Crippen LogP contribution in [0.2, 0.25) is 4.34 Å². The van der Waals surface area contributed by atoms with Crippen molar-refractivity contribution in [3.05, 3.63) is 31.9 Å². The van der Waals surface area contributed by atoms with E-state index in [1.165, 1.54) is 16.2 Å². The number of ketones is 1. The van der Waals surface area contributed by atoms with Gasteiger partial charge in [0.05, 0.1) is 14.9 Å². The summed E-state index contributed by atoms with van der Waals surface area (Å²) < 4.78 is 0.584. The Labute approximate surface area is 147 Å². The van der Waals surface area contributed by atoms with E-state index in [9.17, 15) is 9.59 Å². The van der Waals surface area contributed by atoms with E-state index in [-0.39, 0.29) is 24.5 Å².